The van der Waals surface area contributed by atoms with Gasteiger partial charge in [0.15, 0.2) is 11.5 Å². The molecule has 2 aromatic rings. The Morgan fingerprint density at radius 1 is 1.26 bits per heavy atom. The fraction of sp³-hybridized carbons (Fsp3) is 0.500. The average molecular weight is 317 g/mol. The number of anilines is 1. The number of azide groups is 2. The SMILES string of the molecule is [N-]=[N+]=NC1C(CO)OC(n2cnc3c(N)ncnc32)C1N=[N+]=[N-]. The van der Waals surface area contributed by atoms with E-state index in [1.807, 2.05) is 0 Å². The van der Waals surface area contributed by atoms with Crippen LogP contribution >= 0.6 is 0 Å². The van der Waals surface area contributed by atoms with Gasteiger partial charge in [0.25, 0.3) is 0 Å². The number of rotatable bonds is 4. The van der Waals surface area contributed by atoms with E-state index in [9.17, 15) is 5.11 Å². The minimum Gasteiger partial charge on any atom is -0.394 e. The Kier molecular flexibility index (Phi) is 3.83. The second kappa shape index (κ2) is 5.94. The van der Waals surface area contributed by atoms with E-state index in [4.69, 9.17) is 21.5 Å². The molecule has 0 aromatic carbocycles. The lowest BCUT2D eigenvalue weighted by Gasteiger charge is -2.17. The van der Waals surface area contributed by atoms with E-state index >= 15 is 0 Å². The molecule has 1 saturated heterocycles. The molecule has 1 aliphatic rings. The molecule has 0 aliphatic carbocycles. The standard InChI is InChI=1S/C10H11N11O2/c11-8-7-9(15-2-14-8)21(3-16-7)10-6(18-20-13)5(17-19-12)4(1-22)23-10/h2-6,10,22H,1H2,(H2,11,14,15). The maximum Gasteiger partial charge on any atom is 0.167 e. The van der Waals surface area contributed by atoms with Crippen molar-refractivity contribution in [3.8, 4) is 0 Å². The molecule has 23 heavy (non-hydrogen) atoms. The summed E-state index contributed by atoms with van der Waals surface area (Å²) in [6.07, 6.45) is 1.01. The van der Waals surface area contributed by atoms with E-state index in [1.54, 1.807) is 0 Å². The molecule has 4 unspecified atom stereocenters. The van der Waals surface area contributed by atoms with Gasteiger partial charge in [-0.05, 0) is 11.1 Å². The average Bonchev–Trinajstić information content (AvgIpc) is 3.11. The summed E-state index contributed by atoms with van der Waals surface area (Å²) < 4.78 is 7.18. The third kappa shape index (κ3) is 2.35. The van der Waals surface area contributed by atoms with Crippen LogP contribution in [0.15, 0.2) is 22.9 Å². The number of hydrogen-bond donors (Lipinski definition) is 2. The van der Waals surface area contributed by atoms with Crippen molar-refractivity contribution in [1.82, 2.24) is 19.5 Å². The molecule has 13 nitrogen and oxygen atoms in total. The van der Waals surface area contributed by atoms with Gasteiger partial charge in [0.05, 0.1) is 31.1 Å². The van der Waals surface area contributed by atoms with Crippen LogP contribution in [0.2, 0.25) is 0 Å². The number of ether oxygens (including phenoxy) is 1. The minimum atomic E-state index is -0.873. The molecule has 13 heteroatoms. The van der Waals surface area contributed by atoms with E-state index in [1.165, 1.54) is 17.2 Å². The van der Waals surface area contributed by atoms with Crippen LogP contribution in [0.3, 0.4) is 0 Å². The molecular formula is C10H11N11O2. The summed E-state index contributed by atoms with van der Waals surface area (Å²) in [5.74, 6) is 0.192. The van der Waals surface area contributed by atoms with Crippen molar-refractivity contribution in [2.45, 2.75) is 24.4 Å². The van der Waals surface area contributed by atoms with Crippen LogP contribution in [0.5, 0.6) is 0 Å². The third-order valence-electron chi connectivity index (χ3n) is 3.55. The molecule has 0 saturated carbocycles. The number of aliphatic hydroxyl groups is 1. The van der Waals surface area contributed by atoms with Gasteiger partial charge in [0, 0.05) is 9.82 Å². The molecule has 3 N–H and O–H groups in total. The van der Waals surface area contributed by atoms with E-state index in [-0.39, 0.29) is 5.82 Å². The molecule has 0 spiro atoms. The summed E-state index contributed by atoms with van der Waals surface area (Å²) in [5, 5.41) is 16.6. The van der Waals surface area contributed by atoms with Crippen molar-refractivity contribution < 1.29 is 9.84 Å². The van der Waals surface area contributed by atoms with E-state index in [2.05, 4.69) is 35.0 Å². The van der Waals surface area contributed by atoms with Crippen LogP contribution in [0.1, 0.15) is 6.23 Å². The molecule has 0 bridgehead atoms. The van der Waals surface area contributed by atoms with Gasteiger partial charge in [-0.1, -0.05) is 10.2 Å². The number of hydrogen-bond acceptors (Lipinski definition) is 8. The number of aromatic nitrogens is 4. The highest BCUT2D eigenvalue weighted by molar-refractivity contribution is 5.81. The zero-order valence-corrected chi connectivity index (χ0v) is 11.6. The summed E-state index contributed by atoms with van der Waals surface area (Å²) >= 11 is 0. The van der Waals surface area contributed by atoms with Crippen molar-refractivity contribution in [3.63, 3.8) is 0 Å². The molecule has 118 valence electrons. The maximum atomic E-state index is 9.41. The van der Waals surface area contributed by atoms with Crippen molar-refractivity contribution >= 4 is 17.0 Å². The van der Waals surface area contributed by atoms with Crippen LogP contribution in [-0.4, -0.2) is 49.4 Å². The molecule has 3 heterocycles. The first-order valence-corrected chi connectivity index (χ1v) is 6.49. The van der Waals surface area contributed by atoms with Crippen LogP contribution in [0, 0.1) is 0 Å². The predicted molar refractivity (Wildman–Crippen MR) is 76.6 cm³/mol. The minimum absolute atomic E-state index is 0.192. The monoisotopic (exact) mass is 317 g/mol. The van der Waals surface area contributed by atoms with Gasteiger partial charge in [-0.2, -0.15) is 0 Å². The lowest BCUT2D eigenvalue weighted by Crippen LogP contribution is -2.30. The molecule has 0 amide bonds. The van der Waals surface area contributed by atoms with Crippen LogP contribution in [0.25, 0.3) is 32.0 Å². The normalized spacial score (nSPS) is 26.7. The quantitative estimate of drug-likeness (QED) is 0.471. The first-order chi connectivity index (χ1) is 11.2. The number of nitrogen functional groups attached to an aromatic ring is 1. The Morgan fingerprint density at radius 2 is 2.00 bits per heavy atom. The molecule has 1 fully saturated rings. The molecule has 2 aromatic heterocycles. The first kappa shape index (κ1) is 14.8. The first-order valence-electron chi connectivity index (χ1n) is 6.49. The number of nitrogens with two attached hydrogens (primary N) is 1. The zero-order chi connectivity index (χ0) is 16.4. The van der Waals surface area contributed by atoms with Gasteiger partial charge in [-0.15, -0.1) is 0 Å². The summed E-state index contributed by atoms with van der Waals surface area (Å²) in [7, 11) is 0. The predicted octanol–water partition coefficient (Wildman–Crippen LogP) is 0.656. The number of aliphatic hydroxyl groups excluding tert-OH is 1. The highest BCUT2D eigenvalue weighted by Gasteiger charge is 2.45. The van der Waals surface area contributed by atoms with E-state index < -0.39 is 31.0 Å². The highest BCUT2D eigenvalue weighted by atomic mass is 16.5. The Morgan fingerprint density at radius 3 is 2.70 bits per heavy atom. The van der Waals surface area contributed by atoms with Crippen molar-refractivity contribution in [3.05, 3.63) is 33.5 Å². The zero-order valence-electron chi connectivity index (χ0n) is 11.6. The summed E-state index contributed by atoms with van der Waals surface area (Å²) in [6, 6.07) is -1.73. The van der Waals surface area contributed by atoms with Crippen molar-refractivity contribution in [1.29, 1.82) is 0 Å². The topological polar surface area (TPSA) is 197 Å². The summed E-state index contributed by atoms with van der Waals surface area (Å²) in [5.41, 5.74) is 23.9. The third-order valence-corrected chi connectivity index (χ3v) is 3.55. The summed E-state index contributed by atoms with van der Waals surface area (Å²) in [4.78, 5) is 17.5. The lowest BCUT2D eigenvalue weighted by molar-refractivity contribution is -0.0260. The Balaban J connectivity index is 2.11. The van der Waals surface area contributed by atoms with Crippen LogP contribution in [-0.2, 0) is 4.74 Å². The molecular weight excluding hydrogens is 306 g/mol. The fourth-order valence-corrected chi connectivity index (χ4v) is 2.55. The Labute approximate surface area is 128 Å². The van der Waals surface area contributed by atoms with Gasteiger partial charge >= 0.3 is 0 Å². The van der Waals surface area contributed by atoms with Crippen molar-refractivity contribution in [2.75, 3.05) is 12.3 Å². The fourth-order valence-electron chi connectivity index (χ4n) is 2.55. The number of imidazole rings is 1. The highest BCUT2D eigenvalue weighted by Crippen LogP contribution is 2.35. The molecule has 4 atom stereocenters. The number of nitrogens with zero attached hydrogens (tertiary/aromatic N) is 10. The smallest absolute Gasteiger partial charge is 0.167 e. The van der Waals surface area contributed by atoms with Crippen LogP contribution in [0.4, 0.5) is 5.82 Å². The second-order valence-corrected chi connectivity index (χ2v) is 4.72. The molecule has 3 rings (SSSR count). The molecule has 1 aliphatic heterocycles. The van der Waals surface area contributed by atoms with Gasteiger partial charge in [-0.25, -0.2) is 15.0 Å². The van der Waals surface area contributed by atoms with E-state index in [0.29, 0.717) is 11.2 Å². The number of fused-ring (bicyclic) bond motifs is 1. The maximum absolute atomic E-state index is 9.41. The largest absolute Gasteiger partial charge is 0.394 e. The van der Waals surface area contributed by atoms with E-state index in [0.717, 1.165) is 0 Å². The van der Waals surface area contributed by atoms with Gasteiger partial charge in [0.2, 0.25) is 0 Å². The second-order valence-electron chi connectivity index (χ2n) is 4.72. The van der Waals surface area contributed by atoms with Crippen LogP contribution < -0.4 is 5.73 Å². The van der Waals surface area contributed by atoms with Gasteiger partial charge in [0.1, 0.15) is 18.1 Å². The lowest BCUT2D eigenvalue weighted by atomic mass is 10.1. The molecule has 0 radical (unpaired) electrons. The Hall–Kier alpha value is -3.11. The Bertz CT molecular complexity index is 821. The van der Waals surface area contributed by atoms with Crippen molar-refractivity contribution in [2.24, 2.45) is 10.2 Å². The van der Waals surface area contributed by atoms with Gasteiger partial charge < -0.3 is 15.6 Å². The summed E-state index contributed by atoms with van der Waals surface area (Å²) in [6.45, 7) is -0.401. The van der Waals surface area contributed by atoms with Gasteiger partial charge in [-0.3, -0.25) is 4.57 Å².